The molecule has 0 spiro atoms. The summed E-state index contributed by atoms with van der Waals surface area (Å²) in [5, 5.41) is 34.5. The fourth-order valence-electron chi connectivity index (χ4n) is 4.52. The minimum absolute atomic E-state index is 0.00443. The monoisotopic (exact) mass is 474 g/mol. The molecule has 1 fully saturated rings. The van der Waals surface area contributed by atoms with Crippen LogP contribution >= 0.6 is 0 Å². The summed E-state index contributed by atoms with van der Waals surface area (Å²) >= 11 is 0. The van der Waals surface area contributed by atoms with E-state index in [1.807, 2.05) is 12.1 Å². The Balaban J connectivity index is 1.60. The van der Waals surface area contributed by atoms with Gasteiger partial charge in [0.2, 0.25) is 0 Å². The van der Waals surface area contributed by atoms with Crippen LogP contribution in [-0.2, 0) is 6.54 Å². The maximum absolute atomic E-state index is 14.4. The molecular weight excluding hydrogens is 451 g/mol. The molecule has 35 heavy (non-hydrogen) atoms. The van der Waals surface area contributed by atoms with Crippen molar-refractivity contribution in [3.63, 3.8) is 0 Å². The van der Waals surface area contributed by atoms with Crippen molar-refractivity contribution in [2.75, 3.05) is 13.1 Å². The third kappa shape index (κ3) is 4.36. The van der Waals surface area contributed by atoms with Crippen molar-refractivity contribution in [3.8, 4) is 45.1 Å². The Labute approximate surface area is 200 Å². The van der Waals surface area contributed by atoms with Crippen LogP contribution in [0.15, 0.2) is 65.2 Å². The standard InChI is InChI=1S/C27H23FN2O5/c28-21-6-2-1-5-18(21)19-13-20(23(32)14-22(19)31)26-24(25(27(33)34)29-35-26)17-9-7-16(8-10-17)15-30-11-3-4-12-30/h1-2,5-10,13-14,31-32H,3-4,11-12,15H2,(H,33,34). The minimum Gasteiger partial charge on any atom is -0.507 e. The fourth-order valence-corrected chi connectivity index (χ4v) is 4.52. The first kappa shape index (κ1) is 22.6. The zero-order chi connectivity index (χ0) is 24.5. The van der Waals surface area contributed by atoms with Crippen molar-refractivity contribution in [1.82, 2.24) is 10.1 Å². The van der Waals surface area contributed by atoms with Crippen molar-refractivity contribution in [2.45, 2.75) is 19.4 Å². The van der Waals surface area contributed by atoms with Gasteiger partial charge in [0.05, 0.1) is 11.1 Å². The number of hydrogen-bond donors (Lipinski definition) is 3. The van der Waals surface area contributed by atoms with Crippen LogP contribution in [0.3, 0.4) is 0 Å². The number of rotatable bonds is 6. The van der Waals surface area contributed by atoms with Crippen LogP contribution in [0.2, 0.25) is 0 Å². The summed E-state index contributed by atoms with van der Waals surface area (Å²) in [6.45, 7) is 2.93. The highest BCUT2D eigenvalue weighted by Crippen LogP contribution is 2.44. The predicted molar refractivity (Wildman–Crippen MR) is 128 cm³/mol. The van der Waals surface area contributed by atoms with Crippen LogP contribution in [0.5, 0.6) is 11.5 Å². The van der Waals surface area contributed by atoms with Crippen molar-refractivity contribution in [1.29, 1.82) is 0 Å². The van der Waals surface area contributed by atoms with Gasteiger partial charge in [-0.25, -0.2) is 9.18 Å². The Morgan fingerprint density at radius 2 is 1.63 bits per heavy atom. The van der Waals surface area contributed by atoms with Gasteiger partial charge in [-0.1, -0.05) is 47.6 Å². The molecule has 3 aromatic carbocycles. The molecule has 5 rings (SSSR count). The van der Waals surface area contributed by atoms with Crippen molar-refractivity contribution >= 4 is 5.97 Å². The maximum Gasteiger partial charge on any atom is 0.358 e. The highest BCUT2D eigenvalue weighted by molar-refractivity contribution is 5.99. The Bertz CT molecular complexity index is 1390. The van der Waals surface area contributed by atoms with Gasteiger partial charge in [0.1, 0.15) is 17.3 Å². The summed E-state index contributed by atoms with van der Waals surface area (Å²) in [6.07, 6.45) is 2.38. The summed E-state index contributed by atoms with van der Waals surface area (Å²) in [7, 11) is 0. The first-order chi connectivity index (χ1) is 16.9. The van der Waals surface area contributed by atoms with Crippen LogP contribution in [-0.4, -0.2) is 44.4 Å². The molecular formula is C27H23FN2O5. The number of benzene rings is 3. The summed E-state index contributed by atoms with van der Waals surface area (Å²) in [5.74, 6) is -2.53. The molecule has 0 amide bonds. The van der Waals surface area contributed by atoms with Gasteiger partial charge in [0.15, 0.2) is 11.5 Å². The van der Waals surface area contributed by atoms with Crippen LogP contribution in [0.4, 0.5) is 4.39 Å². The summed E-state index contributed by atoms with van der Waals surface area (Å²) in [6, 6.07) is 15.8. The molecule has 1 aliphatic heterocycles. The van der Waals surface area contributed by atoms with Crippen molar-refractivity contribution in [3.05, 3.63) is 77.7 Å². The van der Waals surface area contributed by atoms with Gasteiger partial charge in [-0.15, -0.1) is 0 Å². The number of nitrogens with zero attached hydrogens (tertiary/aromatic N) is 2. The van der Waals surface area contributed by atoms with E-state index >= 15 is 0 Å². The number of halogens is 1. The van der Waals surface area contributed by atoms with E-state index in [0.717, 1.165) is 31.3 Å². The Hall–Kier alpha value is -4.17. The number of carboxylic acid groups (broad SMARTS) is 1. The van der Waals surface area contributed by atoms with Gasteiger partial charge < -0.3 is 19.8 Å². The van der Waals surface area contributed by atoms with Crippen LogP contribution in [0.1, 0.15) is 28.9 Å². The zero-order valence-electron chi connectivity index (χ0n) is 18.7. The lowest BCUT2D eigenvalue weighted by Gasteiger charge is -2.15. The molecule has 3 N–H and O–H groups in total. The van der Waals surface area contributed by atoms with Gasteiger partial charge in [0, 0.05) is 23.7 Å². The first-order valence-electron chi connectivity index (χ1n) is 11.3. The highest BCUT2D eigenvalue weighted by atomic mass is 19.1. The third-order valence-electron chi connectivity index (χ3n) is 6.26. The van der Waals surface area contributed by atoms with Crippen LogP contribution < -0.4 is 0 Å². The summed E-state index contributed by atoms with van der Waals surface area (Å²) in [4.78, 5) is 14.3. The number of phenols is 2. The number of phenolic OH excluding ortho intramolecular Hbond substituents is 2. The number of aromatic carboxylic acids is 1. The van der Waals surface area contributed by atoms with Gasteiger partial charge in [0.25, 0.3) is 0 Å². The molecule has 0 saturated carbocycles. The van der Waals surface area contributed by atoms with Gasteiger partial charge >= 0.3 is 5.97 Å². The Kier molecular flexibility index (Phi) is 5.96. The second-order valence-electron chi connectivity index (χ2n) is 8.59. The number of carboxylic acids is 1. The molecule has 0 bridgehead atoms. The molecule has 1 aliphatic rings. The molecule has 178 valence electrons. The molecule has 1 aromatic heterocycles. The van der Waals surface area contributed by atoms with Crippen LogP contribution in [0, 0.1) is 5.82 Å². The highest BCUT2D eigenvalue weighted by Gasteiger charge is 2.27. The van der Waals surface area contributed by atoms with E-state index in [9.17, 15) is 24.5 Å². The van der Waals surface area contributed by atoms with E-state index in [1.165, 1.54) is 37.1 Å². The summed E-state index contributed by atoms with van der Waals surface area (Å²) < 4.78 is 19.8. The molecule has 0 radical (unpaired) electrons. The zero-order valence-corrected chi connectivity index (χ0v) is 18.7. The topological polar surface area (TPSA) is 107 Å². The second-order valence-corrected chi connectivity index (χ2v) is 8.59. The second kappa shape index (κ2) is 9.23. The van der Waals surface area contributed by atoms with Gasteiger partial charge in [-0.2, -0.15) is 0 Å². The first-order valence-corrected chi connectivity index (χ1v) is 11.3. The summed E-state index contributed by atoms with van der Waals surface area (Å²) in [5.41, 5.74) is 1.84. The molecule has 0 unspecified atom stereocenters. The fraction of sp³-hybridized carbons (Fsp3) is 0.185. The average molecular weight is 474 g/mol. The number of aromatic hydroxyl groups is 2. The van der Waals surface area contributed by atoms with E-state index in [1.54, 1.807) is 18.2 Å². The molecule has 4 aromatic rings. The largest absolute Gasteiger partial charge is 0.507 e. The normalized spacial score (nSPS) is 13.9. The van der Waals surface area contributed by atoms with Crippen molar-refractivity contribution < 1.29 is 29.0 Å². The Morgan fingerprint density at radius 3 is 2.31 bits per heavy atom. The van der Waals surface area contributed by atoms with Gasteiger partial charge in [-0.3, -0.25) is 4.90 Å². The molecule has 0 aliphatic carbocycles. The smallest absolute Gasteiger partial charge is 0.358 e. The lowest BCUT2D eigenvalue weighted by atomic mass is 9.95. The maximum atomic E-state index is 14.4. The number of likely N-dealkylation sites (tertiary alicyclic amines) is 1. The molecule has 1 saturated heterocycles. The van der Waals surface area contributed by atoms with E-state index < -0.39 is 11.8 Å². The average Bonchev–Trinajstić information content (AvgIpc) is 3.51. The minimum atomic E-state index is -1.29. The number of carbonyl (C=O) groups is 1. The van der Waals surface area contributed by atoms with E-state index in [-0.39, 0.29) is 45.2 Å². The molecule has 0 atom stereocenters. The van der Waals surface area contributed by atoms with E-state index in [2.05, 4.69) is 10.1 Å². The quantitative estimate of drug-likeness (QED) is 0.338. The SMILES string of the molecule is O=C(O)c1noc(-c2cc(-c3ccccc3F)c(O)cc2O)c1-c1ccc(CN2CCCC2)cc1. The van der Waals surface area contributed by atoms with E-state index in [0.29, 0.717) is 5.56 Å². The molecule has 7 nitrogen and oxygen atoms in total. The van der Waals surface area contributed by atoms with Crippen molar-refractivity contribution in [2.24, 2.45) is 0 Å². The molecule has 2 heterocycles. The number of hydrogen-bond acceptors (Lipinski definition) is 6. The third-order valence-corrected chi connectivity index (χ3v) is 6.26. The predicted octanol–water partition coefficient (Wildman–Crippen LogP) is 5.52. The lowest BCUT2D eigenvalue weighted by molar-refractivity contribution is 0.0686. The Morgan fingerprint density at radius 1 is 0.943 bits per heavy atom. The van der Waals surface area contributed by atoms with E-state index in [4.69, 9.17) is 4.52 Å². The van der Waals surface area contributed by atoms with Gasteiger partial charge in [-0.05, 0) is 49.2 Å². The molecule has 8 heteroatoms. The number of aromatic nitrogens is 1. The van der Waals surface area contributed by atoms with Crippen LogP contribution in [0.25, 0.3) is 33.6 Å². The lowest BCUT2D eigenvalue weighted by Crippen LogP contribution is -2.18.